The number of benzene rings is 2. The van der Waals surface area contributed by atoms with Crippen LogP contribution in [-0.2, 0) is 4.79 Å². The summed E-state index contributed by atoms with van der Waals surface area (Å²) in [6.45, 7) is 2.01. The van der Waals surface area contributed by atoms with Crippen LogP contribution in [0.3, 0.4) is 0 Å². The number of amides is 1. The van der Waals surface area contributed by atoms with E-state index in [1.165, 1.54) is 6.33 Å². The van der Waals surface area contributed by atoms with Crippen LogP contribution in [0, 0.1) is 0 Å². The fourth-order valence-electron chi connectivity index (χ4n) is 2.45. The molecule has 0 saturated heterocycles. The number of hydrogen-bond donors (Lipinski definition) is 0. The Hall–Kier alpha value is -3.15. The quantitative estimate of drug-likeness (QED) is 0.694. The lowest BCUT2D eigenvalue weighted by molar-refractivity contribution is -0.134. The summed E-state index contributed by atoms with van der Waals surface area (Å²) >= 11 is 0. The van der Waals surface area contributed by atoms with E-state index < -0.39 is 0 Å². The third-order valence-electron chi connectivity index (χ3n) is 4.14. The molecule has 0 fully saturated rings. The minimum absolute atomic E-state index is 0.0158. The van der Waals surface area contributed by atoms with Crippen LogP contribution in [0.25, 0.3) is 5.69 Å². The van der Waals surface area contributed by atoms with E-state index in [0.29, 0.717) is 5.75 Å². The maximum atomic E-state index is 12.4. The van der Waals surface area contributed by atoms with Gasteiger partial charge in [0, 0.05) is 7.05 Å². The molecule has 1 aromatic heterocycles. The van der Waals surface area contributed by atoms with Gasteiger partial charge in [0.05, 0.1) is 11.7 Å². The van der Waals surface area contributed by atoms with Crippen molar-refractivity contribution in [3.63, 3.8) is 0 Å². The average Bonchev–Trinajstić information content (AvgIpc) is 3.20. The molecule has 25 heavy (non-hydrogen) atoms. The summed E-state index contributed by atoms with van der Waals surface area (Å²) < 4.78 is 7.22. The van der Waals surface area contributed by atoms with Crippen LogP contribution >= 0.6 is 0 Å². The van der Waals surface area contributed by atoms with Gasteiger partial charge in [-0.15, -0.1) is 0 Å². The van der Waals surface area contributed by atoms with Gasteiger partial charge in [-0.25, -0.2) is 9.67 Å². The number of carbonyl (C=O) groups excluding carboxylic acids is 1. The first-order valence-corrected chi connectivity index (χ1v) is 8.03. The van der Waals surface area contributed by atoms with E-state index in [0.717, 1.165) is 11.3 Å². The van der Waals surface area contributed by atoms with Crippen LogP contribution in [0.4, 0.5) is 0 Å². The molecule has 0 spiro atoms. The molecule has 0 saturated carbocycles. The number of aromatic nitrogens is 3. The summed E-state index contributed by atoms with van der Waals surface area (Å²) in [5.74, 6) is 0.616. The molecule has 128 valence electrons. The highest BCUT2D eigenvalue weighted by atomic mass is 16.5. The van der Waals surface area contributed by atoms with Gasteiger partial charge in [-0.3, -0.25) is 4.79 Å². The molecule has 0 aliphatic heterocycles. The van der Waals surface area contributed by atoms with Crippen molar-refractivity contribution in [3.05, 3.63) is 72.8 Å². The van der Waals surface area contributed by atoms with Crippen LogP contribution in [0.1, 0.15) is 18.5 Å². The Bertz CT molecular complexity index is 801. The fraction of sp³-hybridized carbons (Fsp3) is 0.211. The van der Waals surface area contributed by atoms with E-state index in [1.54, 1.807) is 23.0 Å². The van der Waals surface area contributed by atoms with E-state index >= 15 is 0 Å². The van der Waals surface area contributed by atoms with E-state index in [4.69, 9.17) is 4.74 Å². The predicted molar refractivity (Wildman–Crippen MR) is 94.5 cm³/mol. The second-order valence-corrected chi connectivity index (χ2v) is 5.71. The Kier molecular flexibility index (Phi) is 5.09. The van der Waals surface area contributed by atoms with Crippen molar-refractivity contribution in [2.45, 2.75) is 13.0 Å². The van der Waals surface area contributed by atoms with Crippen molar-refractivity contribution in [3.8, 4) is 11.4 Å². The number of hydrogen-bond acceptors (Lipinski definition) is 4. The molecule has 0 N–H and O–H groups in total. The molecular weight excluding hydrogens is 316 g/mol. The standard InChI is InChI=1S/C19H20N4O2/c1-15(16-8-10-17(11-9-16)23-14-20-13-21-23)22(2)19(24)12-25-18-6-4-3-5-7-18/h3-11,13-15H,12H2,1-2H3/t15-/m1/s1. The number of likely N-dealkylation sites (N-methyl/N-ethyl adjacent to an activating group) is 1. The number of rotatable bonds is 6. The van der Waals surface area contributed by atoms with Crippen LogP contribution < -0.4 is 4.74 Å². The highest BCUT2D eigenvalue weighted by Crippen LogP contribution is 2.20. The number of ether oxygens (including phenoxy) is 1. The normalized spacial score (nSPS) is 11.8. The van der Waals surface area contributed by atoms with Gasteiger partial charge < -0.3 is 9.64 Å². The Morgan fingerprint density at radius 1 is 1.16 bits per heavy atom. The number of para-hydroxylation sites is 1. The Labute approximate surface area is 146 Å². The predicted octanol–water partition coefficient (Wildman–Crippen LogP) is 2.87. The van der Waals surface area contributed by atoms with Gasteiger partial charge in [0.25, 0.3) is 5.91 Å². The minimum atomic E-state index is -0.0725. The number of nitrogens with zero attached hydrogens (tertiary/aromatic N) is 4. The van der Waals surface area contributed by atoms with Crippen LogP contribution in [0.5, 0.6) is 5.75 Å². The molecule has 3 rings (SSSR count). The highest BCUT2D eigenvalue weighted by molar-refractivity contribution is 5.78. The summed E-state index contributed by atoms with van der Waals surface area (Å²) in [7, 11) is 1.78. The summed E-state index contributed by atoms with van der Waals surface area (Å²) in [4.78, 5) is 18.0. The van der Waals surface area contributed by atoms with E-state index in [-0.39, 0.29) is 18.6 Å². The lowest BCUT2D eigenvalue weighted by Gasteiger charge is -2.25. The van der Waals surface area contributed by atoms with Crippen molar-refractivity contribution in [2.75, 3.05) is 13.7 Å². The fourth-order valence-corrected chi connectivity index (χ4v) is 2.45. The topological polar surface area (TPSA) is 60.2 Å². The first kappa shape index (κ1) is 16.7. The molecule has 6 heteroatoms. The molecule has 1 heterocycles. The van der Waals surface area contributed by atoms with Gasteiger partial charge in [-0.1, -0.05) is 30.3 Å². The third kappa shape index (κ3) is 4.03. The van der Waals surface area contributed by atoms with Crippen LogP contribution in [0.2, 0.25) is 0 Å². The van der Waals surface area contributed by atoms with Crippen LogP contribution in [-0.4, -0.2) is 39.2 Å². The van der Waals surface area contributed by atoms with Crippen LogP contribution in [0.15, 0.2) is 67.3 Å². The Morgan fingerprint density at radius 2 is 1.88 bits per heavy atom. The van der Waals surface area contributed by atoms with Gasteiger partial charge in [0.1, 0.15) is 18.4 Å². The van der Waals surface area contributed by atoms with E-state index in [9.17, 15) is 4.79 Å². The highest BCUT2D eigenvalue weighted by Gasteiger charge is 2.18. The molecule has 2 aromatic carbocycles. The van der Waals surface area contributed by atoms with Crippen molar-refractivity contribution < 1.29 is 9.53 Å². The molecule has 3 aromatic rings. The van der Waals surface area contributed by atoms with Crippen molar-refractivity contribution >= 4 is 5.91 Å². The molecule has 0 bridgehead atoms. The molecule has 6 nitrogen and oxygen atoms in total. The zero-order chi connectivity index (χ0) is 17.6. The van der Waals surface area contributed by atoms with Gasteiger partial charge in [-0.2, -0.15) is 5.10 Å². The SMILES string of the molecule is C[C@H](c1ccc(-n2cncn2)cc1)N(C)C(=O)COc1ccccc1. The third-order valence-corrected chi connectivity index (χ3v) is 4.14. The monoisotopic (exact) mass is 336 g/mol. The summed E-state index contributed by atoms with van der Waals surface area (Å²) in [5, 5.41) is 4.10. The first-order chi connectivity index (χ1) is 12.1. The van der Waals surface area contributed by atoms with Gasteiger partial charge >= 0.3 is 0 Å². The average molecular weight is 336 g/mol. The molecule has 0 aliphatic rings. The Balaban J connectivity index is 1.61. The zero-order valence-electron chi connectivity index (χ0n) is 14.2. The van der Waals surface area contributed by atoms with Gasteiger partial charge in [0.2, 0.25) is 0 Å². The second kappa shape index (κ2) is 7.61. The maximum Gasteiger partial charge on any atom is 0.260 e. The summed E-state index contributed by atoms with van der Waals surface area (Å²) in [6.07, 6.45) is 3.14. The first-order valence-electron chi connectivity index (χ1n) is 8.03. The number of carbonyl (C=O) groups is 1. The van der Waals surface area contributed by atoms with E-state index in [1.807, 2.05) is 61.5 Å². The smallest absolute Gasteiger partial charge is 0.260 e. The van der Waals surface area contributed by atoms with E-state index in [2.05, 4.69) is 10.1 Å². The van der Waals surface area contributed by atoms with Crippen molar-refractivity contribution in [2.24, 2.45) is 0 Å². The molecule has 1 atom stereocenters. The summed E-state index contributed by atoms with van der Waals surface area (Å²) in [6, 6.07) is 17.2. The van der Waals surface area contributed by atoms with Gasteiger partial charge in [-0.05, 0) is 36.8 Å². The van der Waals surface area contributed by atoms with Crippen molar-refractivity contribution in [1.82, 2.24) is 19.7 Å². The molecule has 0 radical (unpaired) electrons. The maximum absolute atomic E-state index is 12.4. The molecule has 0 unspecified atom stereocenters. The lowest BCUT2D eigenvalue weighted by Crippen LogP contribution is -2.33. The zero-order valence-corrected chi connectivity index (χ0v) is 14.2. The summed E-state index contributed by atoms with van der Waals surface area (Å²) in [5.41, 5.74) is 1.97. The lowest BCUT2D eigenvalue weighted by atomic mass is 10.1. The largest absolute Gasteiger partial charge is 0.484 e. The minimum Gasteiger partial charge on any atom is -0.484 e. The molecular formula is C19H20N4O2. The van der Waals surface area contributed by atoms with Gasteiger partial charge in [0.15, 0.2) is 6.61 Å². The Morgan fingerprint density at radius 3 is 2.52 bits per heavy atom. The van der Waals surface area contributed by atoms with Crippen molar-refractivity contribution in [1.29, 1.82) is 0 Å². The molecule has 0 aliphatic carbocycles. The molecule has 1 amide bonds. The second-order valence-electron chi connectivity index (χ2n) is 5.71.